The zero-order chi connectivity index (χ0) is 25.5. The van der Waals surface area contributed by atoms with Gasteiger partial charge in [0, 0.05) is 38.3 Å². The smallest absolute Gasteiger partial charge is 0.246 e. The van der Waals surface area contributed by atoms with E-state index in [1.54, 1.807) is 21.3 Å². The van der Waals surface area contributed by atoms with Gasteiger partial charge in [-0.05, 0) is 48.4 Å². The maximum absolute atomic E-state index is 13.7. The molecular formula is C29H35N3O4. The highest BCUT2D eigenvalue weighted by Gasteiger charge is 2.31. The topological polar surface area (TPSA) is 63.3 Å². The lowest BCUT2D eigenvalue weighted by molar-refractivity contribution is -0.122. The van der Waals surface area contributed by atoms with Crippen LogP contribution in [0.4, 0.5) is 5.69 Å². The third-order valence-corrected chi connectivity index (χ3v) is 6.63. The molecule has 7 nitrogen and oxygen atoms in total. The van der Waals surface area contributed by atoms with Crippen LogP contribution in [-0.2, 0) is 11.3 Å². The van der Waals surface area contributed by atoms with Crippen molar-refractivity contribution in [2.75, 3.05) is 52.8 Å². The molecule has 1 aliphatic heterocycles. The van der Waals surface area contributed by atoms with Crippen molar-refractivity contribution in [2.45, 2.75) is 19.5 Å². The van der Waals surface area contributed by atoms with E-state index in [9.17, 15) is 4.79 Å². The number of carbonyl (C=O) groups excluding carboxylic acids is 1. The summed E-state index contributed by atoms with van der Waals surface area (Å²) in [5.41, 5.74) is 3.81. The number of benzene rings is 3. The molecule has 1 aliphatic rings. The molecule has 0 radical (unpaired) electrons. The first kappa shape index (κ1) is 25.5. The minimum Gasteiger partial charge on any atom is -0.497 e. The molecule has 0 aliphatic carbocycles. The van der Waals surface area contributed by atoms with Crippen LogP contribution in [0.25, 0.3) is 0 Å². The number of anilines is 1. The van der Waals surface area contributed by atoms with E-state index in [1.807, 2.05) is 73.7 Å². The molecule has 0 saturated carbocycles. The van der Waals surface area contributed by atoms with Crippen LogP contribution in [0.1, 0.15) is 22.7 Å². The summed E-state index contributed by atoms with van der Waals surface area (Å²) in [5.74, 6) is 2.26. The molecule has 1 amide bonds. The summed E-state index contributed by atoms with van der Waals surface area (Å²) in [4.78, 5) is 18.3. The van der Waals surface area contributed by atoms with Gasteiger partial charge in [-0.15, -0.1) is 0 Å². The quantitative estimate of drug-likeness (QED) is 0.477. The number of amides is 1. The van der Waals surface area contributed by atoms with Crippen LogP contribution in [0.5, 0.6) is 17.2 Å². The summed E-state index contributed by atoms with van der Waals surface area (Å²) < 4.78 is 16.5. The largest absolute Gasteiger partial charge is 0.497 e. The molecule has 36 heavy (non-hydrogen) atoms. The number of hydrogen-bond acceptors (Lipinski definition) is 6. The Labute approximate surface area is 213 Å². The third kappa shape index (κ3) is 5.98. The number of aryl methyl sites for hydroxylation is 1. The molecule has 4 rings (SSSR count). The van der Waals surface area contributed by atoms with Crippen molar-refractivity contribution in [3.05, 3.63) is 83.4 Å². The van der Waals surface area contributed by atoms with E-state index >= 15 is 0 Å². The Kier molecular flexibility index (Phi) is 8.46. The van der Waals surface area contributed by atoms with E-state index in [2.05, 4.69) is 15.1 Å². The highest BCUT2D eigenvalue weighted by atomic mass is 16.5. The highest BCUT2D eigenvalue weighted by molar-refractivity contribution is 5.96. The summed E-state index contributed by atoms with van der Waals surface area (Å²) in [5, 5.41) is 3.13. The fraction of sp³-hybridized carbons (Fsp3) is 0.345. The number of nitrogens with one attached hydrogen (secondary N) is 1. The lowest BCUT2D eigenvalue weighted by Crippen LogP contribution is -2.49. The molecule has 1 fully saturated rings. The van der Waals surface area contributed by atoms with E-state index in [4.69, 9.17) is 14.2 Å². The molecule has 3 aromatic carbocycles. The van der Waals surface area contributed by atoms with E-state index in [0.29, 0.717) is 11.4 Å². The highest BCUT2D eigenvalue weighted by Crippen LogP contribution is 2.30. The van der Waals surface area contributed by atoms with Crippen molar-refractivity contribution in [2.24, 2.45) is 0 Å². The lowest BCUT2D eigenvalue weighted by atomic mass is 10.0. The van der Waals surface area contributed by atoms with Crippen LogP contribution < -0.4 is 19.5 Å². The van der Waals surface area contributed by atoms with Gasteiger partial charge in [-0.1, -0.05) is 36.4 Å². The zero-order valence-corrected chi connectivity index (χ0v) is 21.5. The Bertz CT molecular complexity index is 1160. The molecule has 0 unspecified atom stereocenters. The Morgan fingerprint density at radius 1 is 0.861 bits per heavy atom. The molecule has 1 saturated heterocycles. The average molecular weight is 490 g/mol. The van der Waals surface area contributed by atoms with E-state index < -0.39 is 6.04 Å². The fourth-order valence-corrected chi connectivity index (χ4v) is 4.71. The van der Waals surface area contributed by atoms with Gasteiger partial charge >= 0.3 is 0 Å². The van der Waals surface area contributed by atoms with Crippen molar-refractivity contribution < 1.29 is 19.0 Å². The van der Waals surface area contributed by atoms with Crippen molar-refractivity contribution in [1.29, 1.82) is 0 Å². The lowest BCUT2D eigenvalue weighted by Gasteiger charge is -2.39. The van der Waals surface area contributed by atoms with Gasteiger partial charge in [-0.2, -0.15) is 0 Å². The number of nitrogens with zero attached hydrogens (tertiary/aromatic N) is 2. The monoisotopic (exact) mass is 489 g/mol. The molecule has 1 atom stereocenters. The second kappa shape index (κ2) is 11.9. The first-order valence-electron chi connectivity index (χ1n) is 12.2. The molecule has 0 aromatic heterocycles. The van der Waals surface area contributed by atoms with Gasteiger partial charge in [-0.3, -0.25) is 14.6 Å². The first-order valence-corrected chi connectivity index (χ1v) is 12.2. The van der Waals surface area contributed by atoms with E-state index in [0.717, 1.165) is 60.9 Å². The van der Waals surface area contributed by atoms with Gasteiger partial charge in [0.1, 0.15) is 23.3 Å². The first-order chi connectivity index (χ1) is 17.5. The standard InChI is InChI=1S/C29H35N3O4/c1-21-10-12-27(36-4)25(18-21)30-29(33)28(22-8-6-5-7-9-22)32-16-14-31(15-17-32)20-23-19-24(34-2)11-13-26(23)35-3/h5-13,18-19,28H,14-17,20H2,1-4H3,(H,30,33)/t28-/m0/s1. The third-order valence-electron chi connectivity index (χ3n) is 6.63. The zero-order valence-electron chi connectivity index (χ0n) is 21.5. The van der Waals surface area contributed by atoms with Gasteiger partial charge < -0.3 is 19.5 Å². The Hall–Kier alpha value is -3.55. The van der Waals surface area contributed by atoms with Gasteiger partial charge in [0.15, 0.2) is 0 Å². The number of methoxy groups -OCH3 is 3. The summed E-state index contributed by atoms with van der Waals surface area (Å²) in [6.45, 7) is 5.97. The fourth-order valence-electron chi connectivity index (χ4n) is 4.71. The van der Waals surface area contributed by atoms with Gasteiger partial charge in [-0.25, -0.2) is 0 Å². The minimum atomic E-state index is -0.398. The predicted molar refractivity (Wildman–Crippen MR) is 142 cm³/mol. The summed E-state index contributed by atoms with van der Waals surface area (Å²) in [6.07, 6.45) is 0. The summed E-state index contributed by atoms with van der Waals surface area (Å²) in [6, 6.07) is 21.3. The summed E-state index contributed by atoms with van der Waals surface area (Å²) >= 11 is 0. The van der Waals surface area contributed by atoms with Crippen LogP contribution in [-0.4, -0.2) is 63.2 Å². The number of carbonyl (C=O) groups is 1. The number of hydrogen-bond donors (Lipinski definition) is 1. The second-order valence-corrected chi connectivity index (χ2v) is 9.00. The van der Waals surface area contributed by atoms with Crippen LogP contribution in [0, 0.1) is 6.92 Å². The maximum atomic E-state index is 13.7. The summed E-state index contributed by atoms with van der Waals surface area (Å²) in [7, 11) is 4.98. The SMILES string of the molecule is COc1ccc(OC)c(CN2CCN([C@H](C(=O)Nc3cc(C)ccc3OC)c3ccccc3)CC2)c1. The molecule has 1 heterocycles. The maximum Gasteiger partial charge on any atom is 0.246 e. The van der Waals surface area contributed by atoms with Gasteiger partial charge in [0.2, 0.25) is 5.91 Å². The minimum absolute atomic E-state index is 0.0620. The molecule has 7 heteroatoms. The Morgan fingerprint density at radius 3 is 2.22 bits per heavy atom. The normalized spacial score (nSPS) is 15.2. The molecular weight excluding hydrogens is 454 g/mol. The average Bonchev–Trinajstić information content (AvgIpc) is 2.90. The van der Waals surface area contributed by atoms with Crippen LogP contribution in [0.3, 0.4) is 0 Å². The second-order valence-electron chi connectivity index (χ2n) is 9.00. The molecule has 190 valence electrons. The number of rotatable bonds is 9. The van der Waals surface area contributed by atoms with Crippen molar-refractivity contribution in [1.82, 2.24) is 9.80 Å². The molecule has 0 bridgehead atoms. The molecule has 3 aromatic rings. The predicted octanol–water partition coefficient (Wildman–Crippen LogP) is 4.52. The number of piperazine rings is 1. The van der Waals surface area contributed by atoms with Crippen LogP contribution >= 0.6 is 0 Å². The molecule has 1 N–H and O–H groups in total. The van der Waals surface area contributed by atoms with Crippen molar-refractivity contribution in [3.63, 3.8) is 0 Å². The van der Waals surface area contributed by atoms with Crippen molar-refractivity contribution in [3.8, 4) is 17.2 Å². The van der Waals surface area contributed by atoms with Gasteiger partial charge in [0.25, 0.3) is 0 Å². The van der Waals surface area contributed by atoms with Crippen LogP contribution in [0.2, 0.25) is 0 Å². The van der Waals surface area contributed by atoms with E-state index in [-0.39, 0.29) is 5.91 Å². The Morgan fingerprint density at radius 2 is 1.56 bits per heavy atom. The van der Waals surface area contributed by atoms with Gasteiger partial charge in [0.05, 0.1) is 27.0 Å². The van der Waals surface area contributed by atoms with Crippen LogP contribution in [0.15, 0.2) is 66.7 Å². The Balaban J connectivity index is 1.49. The van der Waals surface area contributed by atoms with E-state index in [1.165, 1.54) is 0 Å². The number of ether oxygens (including phenoxy) is 3. The molecule has 0 spiro atoms. The van der Waals surface area contributed by atoms with Crippen molar-refractivity contribution >= 4 is 11.6 Å².